The molecule has 2 aromatic rings. The van der Waals surface area contributed by atoms with Gasteiger partial charge in [-0.05, 0) is 31.9 Å². The molecule has 0 atom stereocenters. The molecule has 0 aliphatic heterocycles. The number of carbonyl (C=O) groups excluding carboxylic acids is 1. The van der Waals surface area contributed by atoms with Gasteiger partial charge in [-0.2, -0.15) is 0 Å². The number of carboxylic acids is 1. The summed E-state index contributed by atoms with van der Waals surface area (Å²) in [5, 5.41) is 15.0. The van der Waals surface area contributed by atoms with Crippen LogP contribution in [0, 0.1) is 6.92 Å². The zero-order valence-corrected chi connectivity index (χ0v) is 14.4. The average Bonchev–Trinajstić information content (AvgIpc) is 3.16. The van der Waals surface area contributed by atoms with Gasteiger partial charge in [0.1, 0.15) is 5.01 Å². The normalized spacial score (nSPS) is 16.0. The van der Waals surface area contributed by atoms with Gasteiger partial charge in [-0.15, -0.1) is 11.3 Å². The van der Waals surface area contributed by atoms with Crippen molar-refractivity contribution in [2.24, 2.45) is 0 Å². The lowest BCUT2D eigenvalue weighted by Crippen LogP contribution is -2.47. The highest BCUT2D eigenvalue weighted by Crippen LogP contribution is 2.33. The van der Waals surface area contributed by atoms with E-state index in [0.717, 1.165) is 41.9 Å². The molecule has 1 heterocycles. The van der Waals surface area contributed by atoms with Crippen LogP contribution in [0.5, 0.6) is 0 Å². The maximum Gasteiger partial charge on any atom is 0.305 e. The van der Waals surface area contributed by atoms with E-state index in [1.807, 2.05) is 30.5 Å². The number of amides is 1. The standard InChI is InChI=1S/C18H20N2O3S/c1-12-11-24-17(19-12)14-6-4-5-13(9-14)16(23)20-18(10-15(21)22)7-2-3-8-18/h4-6,9,11H,2-3,7-8,10H2,1H3,(H,20,23)(H,21,22). The molecule has 1 fully saturated rings. The Bertz CT molecular complexity index is 763. The number of carbonyl (C=O) groups is 2. The monoisotopic (exact) mass is 344 g/mol. The molecule has 1 aromatic heterocycles. The van der Waals surface area contributed by atoms with Crippen molar-refractivity contribution in [3.05, 3.63) is 40.9 Å². The molecule has 0 bridgehead atoms. The Morgan fingerprint density at radius 3 is 2.71 bits per heavy atom. The van der Waals surface area contributed by atoms with Gasteiger partial charge in [-0.1, -0.05) is 25.0 Å². The van der Waals surface area contributed by atoms with E-state index in [1.54, 1.807) is 17.4 Å². The molecule has 5 nitrogen and oxygen atoms in total. The first-order valence-corrected chi connectivity index (χ1v) is 8.92. The Hall–Kier alpha value is -2.21. The molecule has 1 amide bonds. The van der Waals surface area contributed by atoms with E-state index in [2.05, 4.69) is 10.3 Å². The topological polar surface area (TPSA) is 79.3 Å². The van der Waals surface area contributed by atoms with Gasteiger partial charge in [0.2, 0.25) is 0 Å². The minimum Gasteiger partial charge on any atom is -0.481 e. The van der Waals surface area contributed by atoms with Crippen LogP contribution in [-0.4, -0.2) is 27.5 Å². The highest BCUT2D eigenvalue weighted by atomic mass is 32.1. The summed E-state index contributed by atoms with van der Waals surface area (Å²) in [5.74, 6) is -1.09. The van der Waals surface area contributed by atoms with Gasteiger partial charge in [0, 0.05) is 22.2 Å². The molecule has 1 saturated carbocycles. The lowest BCUT2D eigenvalue weighted by molar-refractivity contribution is -0.138. The van der Waals surface area contributed by atoms with Crippen LogP contribution in [0.3, 0.4) is 0 Å². The fourth-order valence-corrected chi connectivity index (χ4v) is 4.07. The zero-order valence-electron chi connectivity index (χ0n) is 13.5. The number of benzene rings is 1. The van der Waals surface area contributed by atoms with Crippen LogP contribution in [0.1, 0.15) is 48.2 Å². The van der Waals surface area contributed by atoms with Crippen molar-refractivity contribution in [2.75, 3.05) is 0 Å². The van der Waals surface area contributed by atoms with Crippen molar-refractivity contribution in [2.45, 2.75) is 44.6 Å². The minimum atomic E-state index is -0.871. The number of rotatable bonds is 5. The Balaban J connectivity index is 1.81. The second-order valence-electron chi connectivity index (χ2n) is 6.39. The molecule has 126 valence electrons. The summed E-state index contributed by atoms with van der Waals surface area (Å²) in [6, 6.07) is 7.33. The molecule has 0 radical (unpaired) electrons. The van der Waals surface area contributed by atoms with Crippen molar-refractivity contribution in [3.8, 4) is 10.6 Å². The summed E-state index contributed by atoms with van der Waals surface area (Å²) >= 11 is 1.54. The first-order chi connectivity index (χ1) is 11.5. The third kappa shape index (κ3) is 3.64. The zero-order chi connectivity index (χ0) is 17.2. The van der Waals surface area contributed by atoms with E-state index in [0.29, 0.717) is 5.56 Å². The maximum atomic E-state index is 12.7. The molecule has 1 aliphatic rings. The highest BCUT2D eigenvalue weighted by molar-refractivity contribution is 7.13. The summed E-state index contributed by atoms with van der Waals surface area (Å²) in [5.41, 5.74) is 1.78. The fraction of sp³-hybridized carbons (Fsp3) is 0.389. The van der Waals surface area contributed by atoms with Crippen molar-refractivity contribution in [1.82, 2.24) is 10.3 Å². The molecule has 2 N–H and O–H groups in total. The van der Waals surface area contributed by atoms with Gasteiger partial charge >= 0.3 is 5.97 Å². The second kappa shape index (κ2) is 6.73. The molecule has 3 rings (SSSR count). The van der Waals surface area contributed by atoms with E-state index in [-0.39, 0.29) is 12.3 Å². The smallest absolute Gasteiger partial charge is 0.305 e. The summed E-state index contributed by atoms with van der Waals surface area (Å²) in [4.78, 5) is 28.3. The molecule has 6 heteroatoms. The molecular weight excluding hydrogens is 324 g/mol. The van der Waals surface area contributed by atoms with Crippen LogP contribution < -0.4 is 5.32 Å². The summed E-state index contributed by atoms with van der Waals surface area (Å²) in [6.07, 6.45) is 3.31. The largest absolute Gasteiger partial charge is 0.481 e. The number of aryl methyl sites for hydroxylation is 1. The Morgan fingerprint density at radius 2 is 2.08 bits per heavy atom. The summed E-state index contributed by atoms with van der Waals surface area (Å²) < 4.78 is 0. The van der Waals surface area contributed by atoms with Gasteiger partial charge in [-0.3, -0.25) is 9.59 Å². The number of nitrogens with zero attached hydrogens (tertiary/aromatic N) is 1. The van der Waals surface area contributed by atoms with Gasteiger partial charge < -0.3 is 10.4 Å². The Morgan fingerprint density at radius 1 is 1.33 bits per heavy atom. The van der Waals surface area contributed by atoms with Gasteiger partial charge in [0.05, 0.1) is 12.0 Å². The SMILES string of the molecule is Cc1csc(-c2cccc(C(=O)NC3(CC(=O)O)CCCC3)c2)n1. The summed E-state index contributed by atoms with van der Waals surface area (Å²) in [7, 11) is 0. The van der Waals surface area contributed by atoms with E-state index < -0.39 is 11.5 Å². The van der Waals surface area contributed by atoms with Crippen LogP contribution in [0.25, 0.3) is 10.6 Å². The first-order valence-electron chi connectivity index (χ1n) is 8.04. The van der Waals surface area contributed by atoms with E-state index in [4.69, 9.17) is 5.11 Å². The molecule has 1 aliphatic carbocycles. The van der Waals surface area contributed by atoms with Crippen LogP contribution >= 0.6 is 11.3 Å². The fourth-order valence-electron chi connectivity index (χ4n) is 3.28. The number of nitrogens with one attached hydrogen (secondary N) is 1. The van der Waals surface area contributed by atoms with Crippen molar-refractivity contribution >= 4 is 23.2 Å². The van der Waals surface area contributed by atoms with Gasteiger partial charge in [0.15, 0.2) is 0 Å². The number of thiazole rings is 1. The summed E-state index contributed by atoms with van der Waals surface area (Å²) in [6.45, 7) is 1.94. The average molecular weight is 344 g/mol. The first kappa shape index (κ1) is 16.6. The van der Waals surface area contributed by atoms with Crippen LogP contribution in [0.2, 0.25) is 0 Å². The Labute approximate surface area is 144 Å². The number of carboxylic acid groups (broad SMARTS) is 1. The quantitative estimate of drug-likeness (QED) is 0.868. The minimum absolute atomic E-state index is 0.0237. The molecule has 1 aromatic carbocycles. The van der Waals surface area contributed by atoms with Crippen LogP contribution in [-0.2, 0) is 4.79 Å². The number of hydrogen-bond acceptors (Lipinski definition) is 4. The van der Waals surface area contributed by atoms with Crippen molar-refractivity contribution in [1.29, 1.82) is 0 Å². The predicted octanol–water partition coefficient (Wildman–Crippen LogP) is 3.64. The van der Waals surface area contributed by atoms with Gasteiger partial charge in [-0.25, -0.2) is 4.98 Å². The Kier molecular flexibility index (Phi) is 4.66. The van der Waals surface area contributed by atoms with Crippen LogP contribution in [0.15, 0.2) is 29.6 Å². The van der Waals surface area contributed by atoms with E-state index in [9.17, 15) is 9.59 Å². The highest BCUT2D eigenvalue weighted by Gasteiger charge is 2.37. The maximum absolute atomic E-state index is 12.7. The van der Waals surface area contributed by atoms with Crippen molar-refractivity contribution < 1.29 is 14.7 Å². The van der Waals surface area contributed by atoms with Gasteiger partial charge in [0.25, 0.3) is 5.91 Å². The molecule has 0 spiro atoms. The predicted molar refractivity (Wildman–Crippen MR) is 93.2 cm³/mol. The van der Waals surface area contributed by atoms with Crippen LogP contribution in [0.4, 0.5) is 0 Å². The lowest BCUT2D eigenvalue weighted by atomic mass is 9.92. The number of aliphatic carboxylic acids is 1. The van der Waals surface area contributed by atoms with Crippen molar-refractivity contribution in [3.63, 3.8) is 0 Å². The molecular formula is C18H20N2O3S. The molecule has 0 saturated heterocycles. The number of aromatic nitrogens is 1. The number of hydrogen-bond donors (Lipinski definition) is 2. The second-order valence-corrected chi connectivity index (χ2v) is 7.25. The lowest BCUT2D eigenvalue weighted by Gasteiger charge is -2.28. The van der Waals surface area contributed by atoms with E-state index >= 15 is 0 Å². The molecule has 24 heavy (non-hydrogen) atoms. The third-order valence-electron chi connectivity index (χ3n) is 4.42. The van der Waals surface area contributed by atoms with E-state index in [1.165, 1.54) is 0 Å². The molecule has 0 unspecified atom stereocenters. The third-order valence-corrected chi connectivity index (χ3v) is 5.43.